The van der Waals surface area contributed by atoms with Crippen LogP contribution < -0.4 is 5.32 Å². The van der Waals surface area contributed by atoms with Gasteiger partial charge in [0.15, 0.2) is 0 Å². The third kappa shape index (κ3) is 4.73. The number of nitrogens with one attached hydrogen (secondary N) is 1. The number of hydrogen-bond acceptors (Lipinski definition) is 2. The molecule has 2 aliphatic rings. The Bertz CT molecular complexity index is 242. The normalized spacial score (nSPS) is 23.6. The topological polar surface area (TPSA) is 15.3 Å². The third-order valence-electron chi connectivity index (χ3n) is 5.55. The molecule has 0 bridgehead atoms. The molecule has 1 N–H and O–H groups in total. The van der Waals surface area contributed by atoms with E-state index in [0.29, 0.717) is 0 Å². The van der Waals surface area contributed by atoms with Crippen molar-refractivity contribution in [3.8, 4) is 0 Å². The van der Waals surface area contributed by atoms with Gasteiger partial charge in [0.05, 0.1) is 0 Å². The van der Waals surface area contributed by atoms with E-state index in [4.69, 9.17) is 0 Å². The van der Waals surface area contributed by atoms with Gasteiger partial charge in [0, 0.05) is 18.6 Å². The largest absolute Gasteiger partial charge is 0.312 e. The Hall–Kier alpha value is -0.0800. The summed E-state index contributed by atoms with van der Waals surface area (Å²) in [7, 11) is 0. The monoisotopic (exact) mass is 280 g/mol. The summed E-state index contributed by atoms with van der Waals surface area (Å²) in [5.41, 5.74) is 0. The Morgan fingerprint density at radius 1 is 0.950 bits per heavy atom. The predicted molar refractivity (Wildman–Crippen MR) is 88.2 cm³/mol. The molecule has 0 saturated heterocycles. The number of nitrogens with zero attached hydrogens (tertiary/aromatic N) is 1. The molecule has 2 nitrogen and oxygen atoms in total. The van der Waals surface area contributed by atoms with Gasteiger partial charge in [-0.2, -0.15) is 0 Å². The Labute approximate surface area is 126 Å². The van der Waals surface area contributed by atoms with E-state index >= 15 is 0 Å². The Balaban J connectivity index is 1.89. The minimum Gasteiger partial charge on any atom is -0.312 e. The van der Waals surface area contributed by atoms with Gasteiger partial charge in [-0.25, -0.2) is 0 Å². The zero-order chi connectivity index (χ0) is 14.2. The van der Waals surface area contributed by atoms with Crippen molar-refractivity contribution in [2.45, 2.75) is 90.1 Å². The van der Waals surface area contributed by atoms with Crippen LogP contribution in [-0.2, 0) is 0 Å². The zero-order valence-electron chi connectivity index (χ0n) is 13.9. The van der Waals surface area contributed by atoms with Gasteiger partial charge in [-0.05, 0) is 51.1 Å². The molecule has 0 radical (unpaired) electrons. The van der Waals surface area contributed by atoms with Crippen LogP contribution in [-0.4, -0.2) is 36.6 Å². The molecule has 2 fully saturated rings. The highest BCUT2D eigenvalue weighted by molar-refractivity contribution is 4.85. The summed E-state index contributed by atoms with van der Waals surface area (Å²) in [6.45, 7) is 8.38. The van der Waals surface area contributed by atoms with Gasteiger partial charge in [0.1, 0.15) is 0 Å². The molecule has 20 heavy (non-hydrogen) atoms. The van der Waals surface area contributed by atoms with E-state index in [9.17, 15) is 0 Å². The maximum atomic E-state index is 3.89. The minimum atomic E-state index is 0.746. The van der Waals surface area contributed by atoms with Crippen molar-refractivity contribution in [2.75, 3.05) is 19.6 Å². The Morgan fingerprint density at radius 3 is 2.20 bits per heavy atom. The van der Waals surface area contributed by atoms with E-state index in [1.807, 2.05) is 0 Å². The number of hydrogen-bond donors (Lipinski definition) is 1. The second-order valence-electron chi connectivity index (χ2n) is 6.98. The van der Waals surface area contributed by atoms with Crippen molar-refractivity contribution in [3.63, 3.8) is 0 Å². The third-order valence-corrected chi connectivity index (χ3v) is 5.55. The summed E-state index contributed by atoms with van der Waals surface area (Å²) in [5, 5.41) is 3.89. The summed E-state index contributed by atoms with van der Waals surface area (Å²) < 4.78 is 0. The molecule has 0 aliphatic heterocycles. The maximum Gasteiger partial charge on any atom is 0.0223 e. The predicted octanol–water partition coefficient (Wildman–Crippen LogP) is 4.20. The van der Waals surface area contributed by atoms with Crippen LogP contribution in [0.3, 0.4) is 0 Å². The first-order chi connectivity index (χ1) is 9.85. The molecule has 2 rings (SSSR count). The lowest BCUT2D eigenvalue weighted by Gasteiger charge is -2.37. The first-order valence-corrected chi connectivity index (χ1v) is 9.32. The fourth-order valence-electron chi connectivity index (χ4n) is 4.30. The van der Waals surface area contributed by atoms with Crippen molar-refractivity contribution in [1.82, 2.24) is 10.2 Å². The summed E-state index contributed by atoms with van der Waals surface area (Å²) in [6, 6.07) is 1.63. The van der Waals surface area contributed by atoms with Crippen molar-refractivity contribution >= 4 is 0 Å². The lowest BCUT2D eigenvalue weighted by molar-refractivity contribution is 0.149. The molecule has 0 heterocycles. The molecule has 118 valence electrons. The second-order valence-corrected chi connectivity index (χ2v) is 6.98. The second kappa shape index (κ2) is 9.04. The smallest absolute Gasteiger partial charge is 0.0223 e. The van der Waals surface area contributed by atoms with Gasteiger partial charge in [-0.1, -0.05) is 46.0 Å². The zero-order valence-corrected chi connectivity index (χ0v) is 13.9. The summed E-state index contributed by atoms with van der Waals surface area (Å²) in [6.07, 6.45) is 14.4. The molecular formula is C18H36N2. The molecule has 0 amide bonds. The average Bonchev–Trinajstić information content (AvgIpc) is 3.03. The Kier molecular flexibility index (Phi) is 7.37. The van der Waals surface area contributed by atoms with Crippen LogP contribution in [0.15, 0.2) is 0 Å². The van der Waals surface area contributed by atoms with Gasteiger partial charge in [0.25, 0.3) is 0 Å². The lowest BCUT2D eigenvalue weighted by Crippen LogP contribution is -2.49. The molecular weight excluding hydrogens is 244 g/mol. The molecule has 0 spiro atoms. The highest BCUT2D eigenvalue weighted by Crippen LogP contribution is 2.29. The number of rotatable bonds is 8. The van der Waals surface area contributed by atoms with Gasteiger partial charge in [-0.3, -0.25) is 4.90 Å². The van der Waals surface area contributed by atoms with Gasteiger partial charge in [0.2, 0.25) is 0 Å². The van der Waals surface area contributed by atoms with Crippen LogP contribution in [0.2, 0.25) is 0 Å². The van der Waals surface area contributed by atoms with Crippen molar-refractivity contribution in [2.24, 2.45) is 5.92 Å². The summed E-state index contributed by atoms with van der Waals surface area (Å²) in [5.74, 6) is 0.936. The molecule has 2 aliphatic carbocycles. The van der Waals surface area contributed by atoms with Crippen LogP contribution in [0.25, 0.3) is 0 Å². The van der Waals surface area contributed by atoms with Gasteiger partial charge >= 0.3 is 0 Å². The fraction of sp³-hybridized carbons (Fsp3) is 1.00. The quantitative estimate of drug-likeness (QED) is 0.717. The molecule has 1 unspecified atom stereocenters. The first-order valence-electron chi connectivity index (χ1n) is 9.32. The van der Waals surface area contributed by atoms with Crippen LogP contribution in [0.5, 0.6) is 0 Å². The van der Waals surface area contributed by atoms with E-state index in [0.717, 1.165) is 18.0 Å². The molecule has 2 heteroatoms. The van der Waals surface area contributed by atoms with Crippen molar-refractivity contribution in [3.05, 3.63) is 0 Å². The minimum absolute atomic E-state index is 0.746. The van der Waals surface area contributed by atoms with E-state index in [-0.39, 0.29) is 0 Å². The Morgan fingerprint density at radius 2 is 1.60 bits per heavy atom. The summed E-state index contributed by atoms with van der Waals surface area (Å²) in [4.78, 5) is 2.79. The van der Waals surface area contributed by atoms with Gasteiger partial charge < -0.3 is 5.32 Å². The highest BCUT2D eigenvalue weighted by atomic mass is 15.2. The average molecular weight is 280 g/mol. The van der Waals surface area contributed by atoms with Crippen LogP contribution in [0, 0.1) is 5.92 Å². The maximum absolute atomic E-state index is 3.89. The lowest BCUT2D eigenvalue weighted by atomic mass is 9.83. The van der Waals surface area contributed by atoms with Gasteiger partial charge in [-0.15, -0.1) is 0 Å². The molecule has 0 aromatic rings. The number of likely N-dealkylation sites (N-methyl/N-ethyl adjacent to an activating group) is 1. The van der Waals surface area contributed by atoms with E-state index < -0.39 is 0 Å². The van der Waals surface area contributed by atoms with Crippen molar-refractivity contribution < 1.29 is 0 Å². The van der Waals surface area contributed by atoms with E-state index in [1.165, 1.54) is 83.8 Å². The fourth-order valence-corrected chi connectivity index (χ4v) is 4.30. The van der Waals surface area contributed by atoms with E-state index in [1.54, 1.807) is 0 Å². The van der Waals surface area contributed by atoms with Crippen LogP contribution >= 0.6 is 0 Å². The van der Waals surface area contributed by atoms with Crippen LogP contribution in [0.1, 0.15) is 78.1 Å². The summed E-state index contributed by atoms with van der Waals surface area (Å²) >= 11 is 0. The van der Waals surface area contributed by atoms with Crippen LogP contribution in [0.4, 0.5) is 0 Å². The molecule has 2 saturated carbocycles. The first kappa shape index (κ1) is 16.3. The standard InChI is InChI=1S/C18H36N2/c1-3-14-19-18(16-10-6-5-7-11-16)15-20(4-2)17-12-8-9-13-17/h16-19H,3-15H2,1-2H3. The molecule has 0 aromatic heterocycles. The van der Waals surface area contributed by atoms with E-state index in [2.05, 4.69) is 24.1 Å². The van der Waals surface area contributed by atoms with Crippen molar-refractivity contribution in [1.29, 1.82) is 0 Å². The molecule has 1 atom stereocenters. The highest BCUT2D eigenvalue weighted by Gasteiger charge is 2.28. The molecule has 0 aromatic carbocycles. The SMILES string of the molecule is CCCNC(CN(CC)C1CCCC1)C1CCCCC1.